The molecule has 2 aromatic heterocycles. The minimum absolute atomic E-state index is 0.665. The van der Waals surface area contributed by atoms with Gasteiger partial charge in [0.15, 0.2) is 5.65 Å². The summed E-state index contributed by atoms with van der Waals surface area (Å²) in [6.07, 6.45) is 8.70. The first-order valence-electron chi connectivity index (χ1n) is 7.93. The van der Waals surface area contributed by atoms with Crippen LogP contribution in [0.2, 0.25) is 0 Å². The molecule has 3 heterocycles. The lowest BCUT2D eigenvalue weighted by molar-refractivity contribution is 0.372. The lowest BCUT2D eigenvalue weighted by atomic mass is 9.97. The van der Waals surface area contributed by atoms with Crippen LogP contribution in [0.15, 0.2) is 12.5 Å². The number of aryl methyl sites for hydroxylation is 1. The lowest BCUT2D eigenvalue weighted by Crippen LogP contribution is -2.37. The minimum Gasteiger partial charge on any atom is -0.353 e. The van der Waals surface area contributed by atoms with Crippen LogP contribution in [0, 0.1) is 5.92 Å². The highest BCUT2D eigenvalue weighted by Crippen LogP contribution is 2.35. The zero-order chi connectivity index (χ0) is 14.2. The van der Waals surface area contributed by atoms with Crippen LogP contribution < -0.4 is 10.2 Å². The molecule has 4 rings (SSSR count). The molecular weight excluding hydrogens is 264 g/mol. The van der Waals surface area contributed by atoms with E-state index >= 15 is 0 Å². The fraction of sp³-hybridized carbons (Fsp3) is 0.667. The maximum absolute atomic E-state index is 4.59. The van der Waals surface area contributed by atoms with Crippen molar-refractivity contribution < 1.29 is 0 Å². The van der Waals surface area contributed by atoms with Crippen LogP contribution in [-0.2, 0) is 7.05 Å². The predicted molar refractivity (Wildman–Crippen MR) is 82.3 cm³/mol. The van der Waals surface area contributed by atoms with Crippen molar-refractivity contribution in [2.75, 3.05) is 24.5 Å². The van der Waals surface area contributed by atoms with Crippen LogP contribution in [0.25, 0.3) is 11.0 Å². The number of piperidine rings is 1. The van der Waals surface area contributed by atoms with Gasteiger partial charge in [-0.25, -0.2) is 9.97 Å². The number of aromatic nitrogens is 4. The zero-order valence-electron chi connectivity index (χ0n) is 12.5. The third-order valence-corrected chi connectivity index (χ3v) is 4.68. The van der Waals surface area contributed by atoms with Crippen LogP contribution in [0.4, 0.5) is 5.82 Å². The Hall–Kier alpha value is -1.69. The predicted octanol–water partition coefficient (Wildman–Crippen LogP) is 1.33. The molecule has 1 N–H and O–H groups in total. The van der Waals surface area contributed by atoms with E-state index in [1.807, 2.05) is 17.9 Å². The van der Waals surface area contributed by atoms with Gasteiger partial charge in [0.1, 0.15) is 12.1 Å². The van der Waals surface area contributed by atoms with E-state index in [-0.39, 0.29) is 0 Å². The second-order valence-electron chi connectivity index (χ2n) is 6.28. The van der Waals surface area contributed by atoms with Crippen LogP contribution in [0.3, 0.4) is 0 Å². The molecule has 0 amide bonds. The third kappa shape index (κ3) is 2.48. The van der Waals surface area contributed by atoms with E-state index in [4.69, 9.17) is 0 Å². The van der Waals surface area contributed by atoms with Crippen molar-refractivity contribution >= 4 is 16.9 Å². The van der Waals surface area contributed by atoms with Crippen molar-refractivity contribution in [2.45, 2.75) is 31.7 Å². The van der Waals surface area contributed by atoms with E-state index in [1.54, 1.807) is 6.33 Å². The zero-order valence-corrected chi connectivity index (χ0v) is 12.5. The van der Waals surface area contributed by atoms with Gasteiger partial charge in [0.2, 0.25) is 0 Å². The molecule has 0 bridgehead atoms. The Labute approximate surface area is 124 Å². The van der Waals surface area contributed by atoms with E-state index in [9.17, 15) is 0 Å². The average Bonchev–Trinajstić information content (AvgIpc) is 3.30. The molecule has 2 aromatic rings. The fourth-order valence-electron chi connectivity index (χ4n) is 3.32. The number of rotatable bonds is 4. The van der Waals surface area contributed by atoms with Crippen molar-refractivity contribution in [1.82, 2.24) is 25.1 Å². The van der Waals surface area contributed by atoms with Crippen LogP contribution in [0.1, 0.15) is 25.7 Å². The first-order valence-corrected chi connectivity index (χ1v) is 7.93. The number of anilines is 1. The maximum Gasteiger partial charge on any atom is 0.163 e. The highest BCUT2D eigenvalue weighted by atomic mass is 15.3. The van der Waals surface area contributed by atoms with Crippen molar-refractivity contribution in [1.29, 1.82) is 0 Å². The first kappa shape index (κ1) is 13.0. The van der Waals surface area contributed by atoms with Gasteiger partial charge in [0, 0.05) is 19.6 Å². The SMILES string of the molecule is Cn1ncc2c(N(CC3CCNCC3)C3CC3)ncnc21. The molecule has 1 saturated heterocycles. The summed E-state index contributed by atoms with van der Waals surface area (Å²) in [6.45, 7) is 3.41. The highest BCUT2D eigenvalue weighted by molar-refractivity contribution is 5.86. The Balaban J connectivity index is 1.65. The molecule has 0 radical (unpaired) electrons. The Bertz CT molecular complexity index is 626. The van der Waals surface area contributed by atoms with Crippen LogP contribution in [0.5, 0.6) is 0 Å². The molecule has 2 aliphatic rings. The van der Waals surface area contributed by atoms with E-state index in [1.165, 1.54) is 25.7 Å². The topological polar surface area (TPSA) is 58.9 Å². The number of nitrogens with zero attached hydrogens (tertiary/aromatic N) is 5. The van der Waals surface area contributed by atoms with E-state index in [0.29, 0.717) is 6.04 Å². The van der Waals surface area contributed by atoms with E-state index < -0.39 is 0 Å². The van der Waals surface area contributed by atoms with Crippen molar-refractivity contribution in [3.63, 3.8) is 0 Å². The van der Waals surface area contributed by atoms with Gasteiger partial charge in [-0.3, -0.25) is 4.68 Å². The summed E-state index contributed by atoms with van der Waals surface area (Å²) in [7, 11) is 1.94. The molecule has 1 aliphatic heterocycles. The maximum atomic E-state index is 4.59. The number of nitrogens with one attached hydrogen (secondary N) is 1. The molecule has 0 spiro atoms. The Morgan fingerprint density at radius 1 is 1.24 bits per heavy atom. The highest BCUT2D eigenvalue weighted by Gasteiger charge is 2.33. The Kier molecular flexibility index (Phi) is 3.25. The minimum atomic E-state index is 0.665. The van der Waals surface area contributed by atoms with Crippen LogP contribution in [-0.4, -0.2) is 45.4 Å². The van der Waals surface area contributed by atoms with Gasteiger partial charge < -0.3 is 10.2 Å². The first-order chi connectivity index (χ1) is 10.3. The molecular formula is C15H22N6. The number of fused-ring (bicyclic) bond motifs is 1. The summed E-state index contributed by atoms with van der Waals surface area (Å²) in [4.78, 5) is 11.5. The van der Waals surface area contributed by atoms with Gasteiger partial charge >= 0.3 is 0 Å². The molecule has 0 unspecified atom stereocenters. The normalized spacial score (nSPS) is 20.0. The summed E-state index contributed by atoms with van der Waals surface area (Å²) in [5.74, 6) is 1.85. The monoisotopic (exact) mass is 286 g/mol. The summed E-state index contributed by atoms with van der Waals surface area (Å²) in [5, 5.41) is 8.88. The molecule has 112 valence electrons. The van der Waals surface area contributed by atoms with Crippen molar-refractivity contribution in [2.24, 2.45) is 13.0 Å². The Morgan fingerprint density at radius 2 is 2.05 bits per heavy atom. The largest absolute Gasteiger partial charge is 0.353 e. The standard InChI is InChI=1S/C15H22N6/c1-20-14-13(8-19-20)15(18-10-17-14)21(12-2-3-12)9-11-4-6-16-7-5-11/h8,10-12,16H,2-7,9H2,1H3. The van der Waals surface area contributed by atoms with Gasteiger partial charge in [0.25, 0.3) is 0 Å². The van der Waals surface area contributed by atoms with Crippen LogP contribution >= 0.6 is 0 Å². The van der Waals surface area contributed by atoms with Gasteiger partial charge in [0.05, 0.1) is 11.6 Å². The van der Waals surface area contributed by atoms with Gasteiger partial charge in [-0.05, 0) is 44.7 Å². The molecule has 6 nitrogen and oxygen atoms in total. The molecule has 6 heteroatoms. The summed E-state index contributed by atoms with van der Waals surface area (Å²) >= 11 is 0. The molecule has 1 saturated carbocycles. The van der Waals surface area contributed by atoms with Crippen molar-refractivity contribution in [3.8, 4) is 0 Å². The van der Waals surface area contributed by atoms with Gasteiger partial charge in [-0.2, -0.15) is 5.10 Å². The lowest BCUT2D eigenvalue weighted by Gasteiger charge is -2.31. The summed E-state index contributed by atoms with van der Waals surface area (Å²) in [5.41, 5.74) is 0.927. The molecule has 21 heavy (non-hydrogen) atoms. The summed E-state index contributed by atoms with van der Waals surface area (Å²) in [6, 6.07) is 0.665. The molecule has 0 aromatic carbocycles. The fourth-order valence-corrected chi connectivity index (χ4v) is 3.32. The second-order valence-corrected chi connectivity index (χ2v) is 6.28. The smallest absolute Gasteiger partial charge is 0.163 e. The molecule has 0 atom stereocenters. The van der Waals surface area contributed by atoms with E-state index in [2.05, 4.69) is 25.3 Å². The third-order valence-electron chi connectivity index (χ3n) is 4.68. The second kappa shape index (κ2) is 5.26. The van der Waals surface area contributed by atoms with Gasteiger partial charge in [-0.15, -0.1) is 0 Å². The molecule has 1 aliphatic carbocycles. The number of hydrogen-bond donors (Lipinski definition) is 1. The Morgan fingerprint density at radius 3 is 2.81 bits per heavy atom. The van der Waals surface area contributed by atoms with Gasteiger partial charge in [-0.1, -0.05) is 0 Å². The van der Waals surface area contributed by atoms with E-state index in [0.717, 1.165) is 42.4 Å². The van der Waals surface area contributed by atoms with Crippen molar-refractivity contribution in [3.05, 3.63) is 12.5 Å². The summed E-state index contributed by atoms with van der Waals surface area (Å²) < 4.78 is 1.83. The quantitative estimate of drug-likeness (QED) is 0.919. The molecule has 2 fully saturated rings. The average molecular weight is 286 g/mol. The number of hydrogen-bond acceptors (Lipinski definition) is 5.